The molecule has 5 rings (SSSR count). The fourth-order valence-corrected chi connectivity index (χ4v) is 4.99. The van der Waals surface area contributed by atoms with E-state index < -0.39 is 0 Å². The van der Waals surface area contributed by atoms with E-state index in [0.29, 0.717) is 13.0 Å². The van der Waals surface area contributed by atoms with E-state index in [0.717, 1.165) is 60.9 Å². The number of benzene rings is 1. The zero-order valence-corrected chi connectivity index (χ0v) is 19.6. The molecule has 1 atom stereocenters. The molecule has 2 aliphatic heterocycles. The average Bonchev–Trinajstić information content (AvgIpc) is 3.51. The van der Waals surface area contributed by atoms with Crippen LogP contribution in [0.4, 0.5) is 5.95 Å². The van der Waals surface area contributed by atoms with Crippen molar-refractivity contribution in [2.75, 3.05) is 31.1 Å². The van der Waals surface area contributed by atoms with Crippen molar-refractivity contribution < 1.29 is 4.79 Å². The van der Waals surface area contributed by atoms with E-state index in [9.17, 15) is 4.79 Å². The van der Waals surface area contributed by atoms with Gasteiger partial charge >= 0.3 is 0 Å². The minimum atomic E-state index is 0.194. The van der Waals surface area contributed by atoms with Gasteiger partial charge in [-0.15, -0.1) is 0 Å². The summed E-state index contributed by atoms with van der Waals surface area (Å²) in [6, 6.07) is 10.2. The second kappa shape index (κ2) is 9.33. The van der Waals surface area contributed by atoms with Crippen molar-refractivity contribution in [1.82, 2.24) is 24.6 Å². The number of amides is 1. The molecule has 0 aliphatic carbocycles. The summed E-state index contributed by atoms with van der Waals surface area (Å²) in [5.41, 5.74) is 5.29. The van der Waals surface area contributed by atoms with Gasteiger partial charge in [0.2, 0.25) is 11.9 Å². The molecule has 2 aliphatic rings. The first kappa shape index (κ1) is 21.6. The smallest absolute Gasteiger partial charge is 0.227 e. The Hall–Kier alpha value is -3.22. The Morgan fingerprint density at radius 2 is 1.85 bits per heavy atom. The molecular formula is C26H32N6O. The van der Waals surface area contributed by atoms with Gasteiger partial charge in [-0.05, 0) is 44.2 Å². The second-order valence-corrected chi connectivity index (χ2v) is 9.38. The van der Waals surface area contributed by atoms with Crippen molar-refractivity contribution in [3.05, 3.63) is 59.5 Å². The van der Waals surface area contributed by atoms with E-state index in [1.807, 2.05) is 28.9 Å². The molecule has 172 valence electrons. The fourth-order valence-electron chi connectivity index (χ4n) is 4.99. The minimum absolute atomic E-state index is 0.194. The Kier molecular flexibility index (Phi) is 6.11. The van der Waals surface area contributed by atoms with Crippen LogP contribution in [0.3, 0.4) is 0 Å². The molecule has 33 heavy (non-hydrogen) atoms. The van der Waals surface area contributed by atoms with E-state index in [2.05, 4.69) is 47.3 Å². The van der Waals surface area contributed by atoms with Crippen LogP contribution in [0.1, 0.15) is 48.4 Å². The number of rotatable bonds is 5. The monoisotopic (exact) mass is 444 g/mol. The zero-order valence-electron chi connectivity index (χ0n) is 19.6. The van der Waals surface area contributed by atoms with E-state index in [1.165, 1.54) is 18.4 Å². The molecule has 1 aromatic carbocycles. The molecule has 0 N–H and O–H groups in total. The van der Waals surface area contributed by atoms with Gasteiger partial charge in [-0.1, -0.05) is 29.8 Å². The summed E-state index contributed by atoms with van der Waals surface area (Å²) in [7, 11) is 1.96. The van der Waals surface area contributed by atoms with Gasteiger partial charge in [0.25, 0.3) is 0 Å². The molecule has 0 bridgehead atoms. The van der Waals surface area contributed by atoms with Gasteiger partial charge in [-0.25, -0.2) is 9.97 Å². The summed E-state index contributed by atoms with van der Waals surface area (Å²) in [6.07, 6.45) is 8.77. The number of aryl methyl sites for hydroxylation is 2. The highest BCUT2D eigenvalue weighted by molar-refractivity contribution is 5.79. The molecule has 7 heteroatoms. The summed E-state index contributed by atoms with van der Waals surface area (Å²) in [5, 5.41) is 4.83. The van der Waals surface area contributed by atoms with Crippen LogP contribution in [0.2, 0.25) is 0 Å². The maximum atomic E-state index is 13.1. The lowest BCUT2D eigenvalue weighted by Gasteiger charge is -2.32. The minimum Gasteiger partial charge on any atom is -0.342 e. The number of likely N-dealkylation sites (tertiary alicyclic amines) is 1. The normalized spacial score (nSPS) is 18.7. The zero-order chi connectivity index (χ0) is 22.8. The van der Waals surface area contributed by atoms with Crippen molar-refractivity contribution in [2.24, 2.45) is 7.05 Å². The molecule has 0 unspecified atom stereocenters. The lowest BCUT2D eigenvalue weighted by atomic mass is 9.91. The van der Waals surface area contributed by atoms with Crippen LogP contribution in [0, 0.1) is 6.92 Å². The third kappa shape index (κ3) is 4.77. The highest BCUT2D eigenvalue weighted by atomic mass is 16.2. The predicted octanol–water partition coefficient (Wildman–Crippen LogP) is 3.73. The maximum absolute atomic E-state index is 13.1. The standard InChI is InChI=1S/C26H32N6O/c1-19-7-9-20(10-8-19)16-24(33)32-15-5-6-21(17-32)25-22(18-30(2)29-25)23-11-12-27-26(28-23)31-13-3-4-14-31/h7-12,18,21H,3-6,13-17H2,1-2H3/t21-/m0/s1. The first-order valence-electron chi connectivity index (χ1n) is 12.0. The van der Waals surface area contributed by atoms with Crippen molar-refractivity contribution >= 4 is 11.9 Å². The summed E-state index contributed by atoms with van der Waals surface area (Å²) >= 11 is 0. The fraction of sp³-hybridized carbons (Fsp3) is 0.462. The van der Waals surface area contributed by atoms with Gasteiger partial charge in [0.15, 0.2) is 0 Å². The number of nitrogens with zero attached hydrogens (tertiary/aromatic N) is 6. The Morgan fingerprint density at radius 1 is 1.06 bits per heavy atom. The number of aromatic nitrogens is 4. The number of hydrogen-bond donors (Lipinski definition) is 0. The second-order valence-electron chi connectivity index (χ2n) is 9.38. The van der Waals surface area contributed by atoms with Gasteiger partial charge in [0.1, 0.15) is 0 Å². The van der Waals surface area contributed by atoms with Crippen LogP contribution in [-0.2, 0) is 18.3 Å². The number of carbonyl (C=O) groups is 1. The van der Waals surface area contributed by atoms with Crippen molar-refractivity contribution in [3.8, 4) is 11.3 Å². The highest BCUT2D eigenvalue weighted by Crippen LogP contribution is 2.33. The first-order chi connectivity index (χ1) is 16.1. The summed E-state index contributed by atoms with van der Waals surface area (Å²) in [5.74, 6) is 1.21. The summed E-state index contributed by atoms with van der Waals surface area (Å²) in [6.45, 7) is 5.62. The third-order valence-corrected chi connectivity index (χ3v) is 6.80. The van der Waals surface area contributed by atoms with Crippen LogP contribution in [0.15, 0.2) is 42.7 Å². The van der Waals surface area contributed by atoms with Crippen LogP contribution < -0.4 is 4.90 Å². The lowest BCUT2D eigenvalue weighted by Crippen LogP contribution is -2.40. The van der Waals surface area contributed by atoms with Gasteiger partial charge in [-0.2, -0.15) is 5.10 Å². The molecule has 0 radical (unpaired) electrons. The highest BCUT2D eigenvalue weighted by Gasteiger charge is 2.29. The van der Waals surface area contributed by atoms with Gasteiger partial charge in [0.05, 0.1) is 17.8 Å². The number of piperidine rings is 1. The van der Waals surface area contributed by atoms with Gasteiger partial charge < -0.3 is 9.80 Å². The average molecular weight is 445 g/mol. The summed E-state index contributed by atoms with van der Waals surface area (Å²) < 4.78 is 1.87. The number of carbonyl (C=O) groups excluding carboxylic acids is 1. The largest absolute Gasteiger partial charge is 0.342 e. The predicted molar refractivity (Wildman–Crippen MR) is 129 cm³/mol. The molecule has 4 heterocycles. The SMILES string of the molecule is Cc1ccc(CC(=O)N2CCC[C@H](c3nn(C)cc3-c3ccnc(N4CCCC4)n3)C2)cc1. The quantitative estimate of drug-likeness (QED) is 0.600. The molecule has 7 nitrogen and oxygen atoms in total. The molecular weight excluding hydrogens is 412 g/mol. The number of hydrogen-bond acceptors (Lipinski definition) is 5. The molecule has 3 aromatic rings. The van der Waals surface area contributed by atoms with Crippen molar-refractivity contribution in [2.45, 2.75) is 44.9 Å². The molecule has 1 amide bonds. The first-order valence-corrected chi connectivity index (χ1v) is 12.0. The maximum Gasteiger partial charge on any atom is 0.227 e. The van der Waals surface area contributed by atoms with Gasteiger partial charge in [-0.3, -0.25) is 9.48 Å². The Bertz CT molecular complexity index is 1120. The van der Waals surface area contributed by atoms with Crippen LogP contribution in [0.25, 0.3) is 11.3 Å². The molecule has 2 saturated heterocycles. The Morgan fingerprint density at radius 3 is 2.64 bits per heavy atom. The van der Waals surface area contributed by atoms with Gasteiger partial charge in [0, 0.05) is 57.1 Å². The van der Waals surface area contributed by atoms with E-state index in [-0.39, 0.29) is 11.8 Å². The molecule has 0 spiro atoms. The number of anilines is 1. The molecule has 2 aromatic heterocycles. The molecule has 2 fully saturated rings. The van der Waals surface area contributed by atoms with Crippen LogP contribution >= 0.6 is 0 Å². The van der Waals surface area contributed by atoms with Crippen LogP contribution in [-0.4, -0.2) is 56.7 Å². The van der Waals surface area contributed by atoms with Crippen molar-refractivity contribution in [1.29, 1.82) is 0 Å². The Labute approximate surface area is 195 Å². The van der Waals surface area contributed by atoms with Crippen molar-refractivity contribution in [3.63, 3.8) is 0 Å². The van der Waals surface area contributed by atoms with E-state index in [4.69, 9.17) is 10.1 Å². The van der Waals surface area contributed by atoms with E-state index >= 15 is 0 Å². The van der Waals surface area contributed by atoms with Crippen LogP contribution in [0.5, 0.6) is 0 Å². The Balaban J connectivity index is 1.35. The third-order valence-electron chi connectivity index (χ3n) is 6.80. The van der Waals surface area contributed by atoms with E-state index in [1.54, 1.807) is 0 Å². The lowest BCUT2D eigenvalue weighted by molar-refractivity contribution is -0.131. The topological polar surface area (TPSA) is 67.2 Å². The molecule has 0 saturated carbocycles. The summed E-state index contributed by atoms with van der Waals surface area (Å²) in [4.78, 5) is 26.7.